The summed E-state index contributed by atoms with van der Waals surface area (Å²) in [6, 6.07) is 22.7. The Hall–Kier alpha value is -3.44. The Morgan fingerprint density at radius 2 is 1.62 bits per heavy atom. The van der Waals surface area contributed by atoms with Gasteiger partial charge in [-0.25, -0.2) is 13.2 Å². The van der Waals surface area contributed by atoms with E-state index in [4.69, 9.17) is 16.0 Å². The monoisotopic (exact) mass is 608 g/mol. The number of oxazole rings is 1. The number of fused-ring (bicyclic) bond motifs is 1. The Labute approximate surface area is 249 Å². The molecular formula is C31H33ClN4O5S. The van der Waals surface area contributed by atoms with Crippen molar-refractivity contribution in [1.82, 2.24) is 18.7 Å². The lowest BCUT2D eigenvalue weighted by Gasteiger charge is -2.41. The Kier molecular flexibility index (Phi) is 7.97. The molecule has 0 bridgehead atoms. The Morgan fingerprint density at radius 3 is 2.33 bits per heavy atom. The van der Waals surface area contributed by atoms with Crippen LogP contribution in [0, 0.1) is 5.92 Å². The number of aromatic nitrogens is 1. The summed E-state index contributed by atoms with van der Waals surface area (Å²) < 4.78 is 35.0. The summed E-state index contributed by atoms with van der Waals surface area (Å²) in [7, 11) is -2.29. The van der Waals surface area contributed by atoms with Crippen LogP contribution in [-0.4, -0.2) is 72.3 Å². The van der Waals surface area contributed by atoms with Crippen molar-refractivity contribution in [2.24, 2.45) is 13.0 Å². The minimum absolute atomic E-state index is 0.00168. The Balaban J connectivity index is 1.14. The minimum Gasteiger partial charge on any atom is -0.408 e. The zero-order valence-corrected chi connectivity index (χ0v) is 24.9. The quantitative estimate of drug-likeness (QED) is 0.327. The highest BCUT2D eigenvalue weighted by Crippen LogP contribution is 2.32. The molecule has 4 aromatic rings. The molecule has 2 aliphatic rings. The van der Waals surface area contributed by atoms with Gasteiger partial charge in [0.05, 0.1) is 22.4 Å². The van der Waals surface area contributed by atoms with Crippen molar-refractivity contribution in [3.8, 4) is 0 Å². The Morgan fingerprint density at radius 1 is 0.929 bits per heavy atom. The summed E-state index contributed by atoms with van der Waals surface area (Å²) in [6.45, 7) is 3.02. The SMILES string of the molecule is Cn1c(=O)oc2cc(S(=O)(=O)N3CCC[C@@H](C(=O)N4CCN([C@H](c5ccccc5)c5ccc(Cl)cc5)CC4)C3)ccc21. The van der Waals surface area contributed by atoms with Crippen molar-refractivity contribution in [2.75, 3.05) is 39.3 Å². The maximum atomic E-state index is 13.6. The summed E-state index contributed by atoms with van der Waals surface area (Å²) >= 11 is 6.16. The molecule has 11 heteroatoms. The third-order valence-electron chi connectivity index (χ3n) is 8.43. The first-order valence-electron chi connectivity index (χ1n) is 14.2. The van der Waals surface area contributed by atoms with Gasteiger partial charge in [-0.05, 0) is 48.2 Å². The molecule has 9 nitrogen and oxygen atoms in total. The molecule has 42 heavy (non-hydrogen) atoms. The van der Waals surface area contributed by atoms with Gasteiger partial charge < -0.3 is 9.32 Å². The van der Waals surface area contributed by atoms with E-state index >= 15 is 0 Å². The number of carbonyl (C=O) groups is 1. The van der Waals surface area contributed by atoms with Crippen molar-refractivity contribution in [1.29, 1.82) is 0 Å². The van der Waals surface area contributed by atoms with E-state index in [0.717, 1.165) is 5.56 Å². The van der Waals surface area contributed by atoms with Crippen LogP contribution in [-0.2, 0) is 21.9 Å². The molecule has 0 saturated carbocycles. The van der Waals surface area contributed by atoms with E-state index in [9.17, 15) is 18.0 Å². The van der Waals surface area contributed by atoms with Gasteiger partial charge in [0.1, 0.15) is 0 Å². The fourth-order valence-corrected chi connectivity index (χ4v) is 7.80. The minimum atomic E-state index is -3.86. The number of piperazine rings is 1. The summed E-state index contributed by atoms with van der Waals surface area (Å²) in [5.41, 5.74) is 3.07. The zero-order valence-electron chi connectivity index (χ0n) is 23.4. The number of hydrogen-bond donors (Lipinski definition) is 0. The molecule has 1 amide bonds. The van der Waals surface area contributed by atoms with Gasteiger partial charge in [0.2, 0.25) is 15.9 Å². The van der Waals surface area contributed by atoms with Gasteiger partial charge in [-0.2, -0.15) is 4.31 Å². The smallest absolute Gasteiger partial charge is 0.408 e. The topological polar surface area (TPSA) is 96.1 Å². The van der Waals surface area contributed by atoms with Crippen LogP contribution in [0.1, 0.15) is 30.0 Å². The van der Waals surface area contributed by atoms with Crippen LogP contribution < -0.4 is 5.76 Å². The fraction of sp³-hybridized carbons (Fsp3) is 0.355. The molecule has 3 aromatic carbocycles. The standard InChI is InChI=1S/C31H33ClN4O5S/c1-33-27-14-13-26(20-28(27)41-31(33)38)42(39,40)36-15-5-8-24(21-36)30(37)35-18-16-34(17-19-35)29(22-6-3-2-4-7-22)23-9-11-25(32)12-10-23/h2-4,6-7,9-14,20,24,29H,5,8,15-19,21H2,1H3/t24-,29-/m1/s1. The molecule has 0 aliphatic carbocycles. The van der Waals surface area contributed by atoms with Crippen LogP contribution in [0.2, 0.25) is 5.02 Å². The first-order chi connectivity index (χ1) is 20.2. The first-order valence-corrected chi connectivity index (χ1v) is 16.0. The molecule has 6 rings (SSSR count). The largest absolute Gasteiger partial charge is 0.419 e. The van der Waals surface area contributed by atoms with Gasteiger partial charge in [-0.15, -0.1) is 0 Å². The predicted octanol–water partition coefficient (Wildman–Crippen LogP) is 4.12. The van der Waals surface area contributed by atoms with Gasteiger partial charge in [0.15, 0.2) is 5.58 Å². The Bertz CT molecular complexity index is 1750. The number of benzene rings is 3. The number of nitrogens with zero attached hydrogens (tertiary/aromatic N) is 4. The van der Waals surface area contributed by atoms with Crippen molar-refractivity contribution >= 4 is 38.6 Å². The van der Waals surface area contributed by atoms with E-state index in [1.54, 1.807) is 13.1 Å². The normalized spacial score (nSPS) is 19.7. The predicted molar refractivity (Wildman–Crippen MR) is 161 cm³/mol. The van der Waals surface area contributed by atoms with E-state index in [0.29, 0.717) is 56.1 Å². The molecule has 3 heterocycles. The molecule has 2 fully saturated rings. The molecule has 0 unspecified atom stereocenters. The molecule has 0 N–H and O–H groups in total. The lowest BCUT2D eigenvalue weighted by molar-refractivity contribution is -0.138. The molecule has 2 saturated heterocycles. The molecule has 1 aromatic heterocycles. The maximum absolute atomic E-state index is 13.6. The average molecular weight is 609 g/mol. The third kappa shape index (κ3) is 5.51. The van der Waals surface area contributed by atoms with Crippen LogP contribution in [0.5, 0.6) is 0 Å². The highest BCUT2D eigenvalue weighted by atomic mass is 35.5. The molecule has 2 aliphatic heterocycles. The maximum Gasteiger partial charge on any atom is 0.419 e. The van der Waals surface area contributed by atoms with Gasteiger partial charge in [-0.3, -0.25) is 14.3 Å². The number of halogens is 1. The highest BCUT2D eigenvalue weighted by Gasteiger charge is 2.37. The number of amides is 1. The van der Waals surface area contributed by atoms with Crippen molar-refractivity contribution in [3.05, 3.63) is 99.5 Å². The molecule has 220 valence electrons. The van der Waals surface area contributed by atoms with Gasteiger partial charge in [0.25, 0.3) is 0 Å². The van der Waals surface area contributed by atoms with Crippen LogP contribution in [0.15, 0.2) is 86.9 Å². The van der Waals surface area contributed by atoms with Crippen LogP contribution in [0.4, 0.5) is 0 Å². The van der Waals surface area contributed by atoms with E-state index in [1.807, 2.05) is 35.2 Å². The number of aryl methyl sites for hydroxylation is 1. The third-order valence-corrected chi connectivity index (χ3v) is 10.5. The summed E-state index contributed by atoms with van der Waals surface area (Å²) in [4.78, 5) is 29.8. The van der Waals surface area contributed by atoms with E-state index < -0.39 is 21.7 Å². The van der Waals surface area contributed by atoms with Crippen LogP contribution in [0.3, 0.4) is 0 Å². The van der Waals surface area contributed by atoms with Gasteiger partial charge in [-0.1, -0.05) is 54.1 Å². The summed E-state index contributed by atoms with van der Waals surface area (Å²) in [5, 5.41) is 0.691. The van der Waals surface area contributed by atoms with E-state index in [2.05, 4.69) is 29.2 Å². The van der Waals surface area contributed by atoms with Crippen LogP contribution in [0.25, 0.3) is 11.1 Å². The number of carbonyl (C=O) groups excluding carboxylic acids is 1. The van der Waals surface area contributed by atoms with E-state index in [1.165, 1.54) is 26.6 Å². The molecular weight excluding hydrogens is 576 g/mol. The average Bonchev–Trinajstić information content (AvgIpc) is 3.31. The van der Waals surface area contributed by atoms with E-state index in [-0.39, 0.29) is 29.0 Å². The second-order valence-corrected chi connectivity index (χ2v) is 13.4. The first kappa shape index (κ1) is 28.7. The number of hydrogen-bond acceptors (Lipinski definition) is 6. The lowest BCUT2D eigenvalue weighted by atomic mass is 9.95. The van der Waals surface area contributed by atoms with Crippen molar-refractivity contribution in [3.63, 3.8) is 0 Å². The van der Waals surface area contributed by atoms with Gasteiger partial charge >= 0.3 is 5.76 Å². The number of sulfonamides is 1. The number of rotatable bonds is 6. The molecule has 2 atom stereocenters. The van der Waals surface area contributed by atoms with Gasteiger partial charge in [0, 0.05) is 57.4 Å². The summed E-state index contributed by atoms with van der Waals surface area (Å²) in [6.07, 6.45) is 1.25. The molecule has 0 spiro atoms. The zero-order chi connectivity index (χ0) is 29.4. The summed E-state index contributed by atoms with van der Waals surface area (Å²) in [5.74, 6) is -0.951. The highest BCUT2D eigenvalue weighted by molar-refractivity contribution is 7.89. The number of piperidine rings is 1. The van der Waals surface area contributed by atoms with Crippen LogP contribution >= 0.6 is 11.6 Å². The van der Waals surface area contributed by atoms with Crippen molar-refractivity contribution in [2.45, 2.75) is 23.8 Å². The second kappa shape index (κ2) is 11.7. The lowest BCUT2D eigenvalue weighted by Crippen LogP contribution is -2.53. The second-order valence-electron chi connectivity index (χ2n) is 11.0. The van der Waals surface area contributed by atoms with Crippen molar-refractivity contribution < 1.29 is 17.6 Å². The molecule has 0 radical (unpaired) electrons. The fourth-order valence-electron chi connectivity index (χ4n) is 6.14.